The first-order valence-corrected chi connectivity index (χ1v) is 8.00. The summed E-state index contributed by atoms with van der Waals surface area (Å²) in [4.78, 5) is 2.25. The second-order valence-corrected chi connectivity index (χ2v) is 8.77. The predicted molar refractivity (Wildman–Crippen MR) is 71.7 cm³/mol. The van der Waals surface area contributed by atoms with Gasteiger partial charge in [0.15, 0.2) is 9.84 Å². The maximum atomic E-state index is 11.5. The Morgan fingerprint density at radius 3 is 2.24 bits per heavy atom. The van der Waals surface area contributed by atoms with Gasteiger partial charge in [-0.15, -0.1) is 0 Å². The van der Waals surface area contributed by atoms with Gasteiger partial charge in [0, 0.05) is 24.7 Å². The SMILES string of the molecule is CC1CS(=O)(=O)CCN1CC(C)(C)C(C)(C)N. The molecular weight excluding hydrogens is 236 g/mol. The van der Waals surface area contributed by atoms with Crippen LogP contribution in [0.25, 0.3) is 0 Å². The second kappa shape index (κ2) is 4.52. The van der Waals surface area contributed by atoms with E-state index >= 15 is 0 Å². The van der Waals surface area contributed by atoms with Gasteiger partial charge in [-0.2, -0.15) is 0 Å². The minimum absolute atomic E-state index is 0.0393. The van der Waals surface area contributed by atoms with E-state index in [0.717, 1.165) is 6.54 Å². The number of sulfone groups is 1. The summed E-state index contributed by atoms with van der Waals surface area (Å²) in [5.41, 5.74) is 5.87. The summed E-state index contributed by atoms with van der Waals surface area (Å²) < 4.78 is 23.0. The molecule has 2 N–H and O–H groups in total. The zero-order valence-electron chi connectivity index (χ0n) is 11.7. The molecule has 1 aliphatic heterocycles. The minimum atomic E-state index is -2.83. The molecule has 1 atom stereocenters. The van der Waals surface area contributed by atoms with Gasteiger partial charge in [-0.1, -0.05) is 13.8 Å². The van der Waals surface area contributed by atoms with Crippen molar-refractivity contribution >= 4 is 9.84 Å². The highest BCUT2D eigenvalue weighted by molar-refractivity contribution is 7.91. The van der Waals surface area contributed by atoms with Crippen molar-refractivity contribution in [1.82, 2.24) is 4.90 Å². The molecule has 4 nitrogen and oxygen atoms in total. The van der Waals surface area contributed by atoms with Crippen LogP contribution in [0.5, 0.6) is 0 Å². The Morgan fingerprint density at radius 1 is 1.29 bits per heavy atom. The molecule has 102 valence electrons. The van der Waals surface area contributed by atoms with Gasteiger partial charge in [0.2, 0.25) is 0 Å². The molecule has 0 radical (unpaired) electrons. The summed E-state index contributed by atoms with van der Waals surface area (Å²) in [7, 11) is -2.83. The molecule has 5 heteroatoms. The van der Waals surface area contributed by atoms with E-state index in [9.17, 15) is 8.42 Å². The number of hydrogen-bond acceptors (Lipinski definition) is 4. The van der Waals surface area contributed by atoms with Crippen LogP contribution < -0.4 is 5.73 Å². The predicted octanol–water partition coefficient (Wildman–Crippen LogP) is 0.869. The van der Waals surface area contributed by atoms with Crippen LogP contribution in [0.3, 0.4) is 0 Å². The lowest BCUT2D eigenvalue weighted by Gasteiger charge is -2.45. The van der Waals surface area contributed by atoms with Crippen LogP contribution in [0.2, 0.25) is 0 Å². The van der Waals surface area contributed by atoms with Crippen LogP contribution >= 0.6 is 0 Å². The van der Waals surface area contributed by atoms with Crippen LogP contribution in [0.4, 0.5) is 0 Å². The minimum Gasteiger partial charge on any atom is -0.325 e. The monoisotopic (exact) mass is 262 g/mol. The van der Waals surface area contributed by atoms with Gasteiger partial charge < -0.3 is 5.73 Å². The van der Waals surface area contributed by atoms with E-state index in [4.69, 9.17) is 5.73 Å². The third-order valence-corrected chi connectivity index (χ3v) is 5.95. The first kappa shape index (κ1) is 14.9. The van der Waals surface area contributed by atoms with E-state index in [1.54, 1.807) is 0 Å². The Hall–Kier alpha value is -0.130. The third-order valence-electron chi connectivity index (χ3n) is 4.15. The highest BCUT2D eigenvalue weighted by atomic mass is 32.2. The number of nitrogens with two attached hydrogens (primary N) is 1. The van der Waals surface area contributed by atoms with Crippen LogP contribution in [0.1, 0.15) is 34.6 Å². The van der Waals surface area contributed by atoms with Crippen molar-refractivity contribution in [3.8, 4) is 0 Å². The van der Waals surface area contributed by atoms with Gasteiger partial charge in [0.1, 0.15) is 0 Å². The quantitative estimate of drug-likeness (QED) is 0.820. The van der Waals surface area contributed by atoms with Gasteiger partial charge in [0.25, 0.3) is 0 Å². The average molecular weight is 262 g/mol. The van der Waals surface area contributed by atoms with E-state index in [-0.39, 0.29) is 28.5 Å². The van der Waals surface area contributed by atoms with Crippen LogP contribution in [-0.2, 0) is 9.84 Å². The van der Waals surface area contributed by atoms with Crippen molar-refractivity contribution in [2.75, 3.05) is 24.6 Å². The van der Waals surface area contributed by atoms with Crippen molar-refractivity contribution < 1.29 is 8.42 Å². The zero-order valence-corrected chi connectivity index (χ0v) is 12.5. The Balaban J connectivity index is 2.72. The van der Waals surface area contributed by atoms with Crippen LogP contribution in [0, 0.1) is 5.41 Å². The molecule has 1 fully saturated rings. The van der Waals surface area contributed by atoms with Crippen molar-refractivity contribution in [3.63, 3.8) is 0 Å². The molecule has 0 spiro atoms. The van der Waals surface area contributed by atoms with E-state index in [0.29, 0.717) is 6.54 Å². The lowest BCUT2D eigenvalue weighted by molar-refractivity contribution is 0.0950. The third kappa shape index (κ3) is 3.66. The number of rotatable bonds is 3. The summed E-state index contributed by atoms with van der Waals surface area (Å²) in [6.45, 7) is 11.8. The van der Waals surface area contributed by atoms with E-state index in [1.807, 2.05) is 20.8 Å². The van der Waals surface area contributed by atoms with Gasteiger partial charge in [-0.3, -0.25) is 4.90 Å². The Bertz CT molecular complexity index is 368. The molecule has 1 rings (SSSR count). The summed E-state index contributed by atoms with van der Waals surface area (Å²) in [6, 6.07) is 0.0929. The lowest BCUT2D eigenvalue weighted by Crippen LogP contribution is -2.57. The molecule has 17 heavy (non-hydrogen) atoms. The molecule has 0 aromatic carbocycles. The first-order chi connectivity index (χ1) is 7.45. The maximum absolute atomic E-state index is 11.5. The molecule has 1 aliphatic rings. The normalized spacial score (nSPS) is 27.1. The molecule has 0 aliphatic carbocycles. The topological polar surface area (TPSA) is 63.4 Å². The van der Waals surface area contributed by atoms with Crippen molar-refractivity contribution in [2.45, 2.75) is 46.2 Å². The second-order valence-electron chi connectivity index (χ2n) is 6.54. The van der Waals surface area contributed by atoms with Crippen LogP contribution in [-0.4, -0.2) is 49.5 Å². The summed E-state index contributed by atoms with van der Waals surface area (Å²) in [5, 5.41) is 0. The van der Waals surface area contributed by atoms with Gasteiger partial charge >= 0.3 is 0 Å². The standard InChI is InChI=1S/C12H26N2O2S/c1-10-8-17(15,16)7-6-14(10)9-11(2,3)12(4,5)13/h10H,6-9,13H2,1-5H3. The van der Waals surface area contributed by atoms with E-state index in [2.05, 4.69) is 18.7 Å². The molecule has 0 aromatic rings. The molecule has 0 aromatic heterocycles. The van der Waals surface area contributed by atoms with Crippen molar-refractivity contribution in [2.24, 2.45) is 11.1 Å². The number of nitrogens with zero attached hydrogens (tertiary/aromatic N) is 1. The zero-order chi connectivity index (χ0) is 13.5. The Morgan fingerprint density at radius 2 is 1.82 bits per heavy atom. The Kier molecular flexibility index (Phi) is 3.97. The van der Waals surface area contributed by atoms with Gasteiger partial charge in [-0.25, -0.2) is 8.42 Å². The largest absolute Gasteiger partial charge is 0.325 e. The number of hydrogen-bond donors (Lipinski definition) is 1. The molecule has 1 heterocycles. The van der Waals surface area contributed by atoms with Crippen molar-refractivity contribution in [1.29, 1.82) is 0 Å². The molecule has 0 saturated carbocycles. The smallest absolute Gasteiger partial charge is 0.153 e. The van der Waals surface area contributed by atoms with Crippen molar-refractivity contribution in [3.05, 3.63) is 0 Å². The molecule has 0 bridgehead atoms. The van der Waals surface area contributed by atoms with E-state index < -0.39 is 9.84 Å². The first-order valence-electron chi connectivity index (χ1n) is 6.18. The Labute approximate surface area is 105 Å². The summed E-state index contributed by atoms with van der Waals surface area (Å²) in [6.07, 6.45) is 0. The lowest BCUT2D eigenvalue weighted by atomic mass is 9.74. The molecule has 1 unspecified atom stereocenters. The maximum Gasteiger partial charge on any atom is 0.153 e. The highest BCUT2D eigenvalue weighted by Crippen LogP contribution is 2.30. The summed E-state index contributed by atoms with van der Waals surface area (Å²) in [5.74, 6) is 0.548. The summed E-state index contributed by atoms with van der Waals surface area (Å²) >= 11 is 0. The van der Waals surface area contributed by atoms with Gasteiger partial charge in [0.05, 0.1) is 11.5 Å². The van der Waals surface area contributed by atoms with Crippen LogP contribution in [0.15, 0.2) is 0 Å². The molecule has 0 amide bonds. The molecule has 1 saturated heterocycles. The molecular formula is C12H26N2O2S. The van der Waals surface area contributed by atoms with E-state index in [1.165, 1.54) is 0 Å². The van der Waals surface area contributed by atoms with Gasteiger partial charge in [-0.05, 0) is 26.2 Å². The fraction of sp³-hybridized carbons (Fsp3) is 1.00. The fourth-order valence-corrected chi connectivity index (χ4v) is 3.60. The fourth-order valence-electron chi connectivity index (χ4n) is 1.98. The average Bonchev–Trinajstić information content (AvgIpc) is 2.07. The highest BCUT2D eigenvalue weighted by Gasteiger charge is 2.38.